The fraction of sp³-hybridized carbons (Fsp3) is 0.312. The lowest BCUT2D eigenvalue weighted by Gasteiger charge is -2.26. The zero-order chi connectivity index (χ0) is 21.0. The van der Waals surface area contributed by atoms with Crippen LogP contribution in [-0.4, -0.2) is 30.9 Å². The summed E-state index contributed by atoms with van der Waals surface area (Å²) in [6.45, 7) is 0. The average molecular weight is 427 g/mol. The minimum atomic E-state index is -5.48. The van der Waals surface area contributed by atoms with Crippen molar-refractivity contribution in [2.75, 3.05) is 7.11 Å². The van der Waals surface area contributed by atoms with Crippen molar-refractivity contribution in [3.63, 3.8) is 0 Å². The number of rotatable bonds is 3. The third-order valence-electron chi connectivity index (χ3n) is 4.39. The highest BCUT2D eigenvalue weighted by Crippen LogP contribution is 2.47. The van der Waals surface area contributed by atoms with Crippen molar-refractivity contribution in [2.45, 2.75) is 28.5 Å². The van der Waals surface area contributed by atoms with E-state index in [0.29, 0.717) is 0 Å². The lowest BCUT2D eigenvalue weighted by Crippen LogP contribution is -2.32. The Morgan fingerprint density at radius 1 is 1.14 bits per heavy atom. The molecule has 0 spiro atoms. The molecule has 1 aromatic heterocycles. The number of hydrogen-bond acceptors (Lipinski definition) is 5. The fourth-order valence-corrected chi connectivity index (χ4v) is 5.33. The van der Waals surface area contributed by atoms with Gasteiger partial charge in [0.1, 0.15) is 17.5 Å². The smallest absolute Gasteiger partial charge is 0.387 e. The van der Waals surface area contributed by atoms with E-state index >= 15 is 0 Å². The Bertz CT molecular complexity index is 1040. The Balaban J connectivity index is 2.26. The number of fused-ring (bicyclic) bond motifs is 1. The van der Waals surface area contributed by atoms with Gasteiger partial charge in [0.25, 0.3) is 0 Å². The van der Waals surface area contributed by atoms with Crippen LogP contribution in [0.4, 0.5) is 26.3 Å². The average Bonchev–Trinajstić information content (AvgIpc) is 2.81. The van der Waals surface area contributed by atoms with Gasteiger partial charge in [0.15, 0.2) is 27.2 Å². The van der Waals surface area contributed by atoms with Gasteiger partial charge in [-0.3, -0.25) is 0 Å². The highest BCUT2D eigenvalue weighted by atomic mass is 32.2. The van der Waals surface area contributed by atoms with E-state index in [9.17, 15) is 39.9 Å². The summed E-state index contributed by atoms with van der Waals surface area (Å²) in [6, 6.07) is 5.05. The number of sulfone groups is 1. The molecule has 3 atom stereocenters. The summed E-state index contributed by atoms with van der Waals surface area (Å²) < 4.78 is 111. The first-order valence-electron chi connectivity index (χ1n) is 7.58. The van der Waals surface area contributed by atoms with E-state index in [4.69, 9.17) is 4.74 Å². The van der Waals surface area contributed by atoms with E-state index in [-0.39, 0.29) is 10.5 Å². The van der Waals surface area contributed by atoms with E-state index in [2.05, 4.69) is 4.98 Å². The maximum Gasteiger partial charge on any atom is 0.436 e. The van der Waals surface area contributed by atoms with E-state index in [0.717, 1.165) is 13.2 Å². The SMILES string of the molecule is COC(c1c(F)c(F)nc(C(F)(F)F)c1F)C1C(O)c2ccccc2S1(=O)=O. The van der Waals surface area contributed by atoms with Crippen molar-refractivity contribution in [1.29, 1.82) is 0 Å². The van der Waals surface area contributed by atoms with E-state index in [1.807, 2.05) is 0 Å². The second-order valence-electron chi connectivity index (χ2n) is 5.94. The topological polar surface area (TPSA) is 76.5 Å². The molecular formula is C16H11F6NO4S. The van der Waals surface area contributed by atoms with Crippen molar-refractivity contribution in [3.05, 3.63) is 58.7 Å². The molecule has 0 radical (unpaired) electrons. The molecule has 28 heavy (non-hydrogen) atoms. The maximum atomic E-state index is 14.5. The number of aliphatic hydroxyl groups excluding tert-OH is 1. The molecule has 0 fully saturated rings. The Morgan fingerprint density at radius 3 is 2.29 bits per heavy atom. The predicted octanol–water partition coefficient (Wildman–Crippen LogP) is 3.09. The van der Waals surface area contributed by atoms with Crippen LogP contribution in [0.1, 0.15) is 29.0 Å². The standard InChI is InChI=1S/C16H11F6NO4S/c1-27-12(8-9(17)14(16(20,21)22)23-15(19)10(8)18)13-11(24)6-4-2-3-5-7(6)28(13,25)26/h2-5,11-13,24H,1H3. The molecule has 3 rings (SSSR count). The fourth-order valence-electron chi connectivity index (χ4n) is 3.19. The van der Waals surface area contributed by atoms with Gasteiger partial charge in [-0.15, -0.1) is 0 Å². The Hall–Kier alpha value is -2.18. The first-order chi connectivity index (χ1) is 12.9. The molecule has 0 saturated heterocycles. The third-order valence-corrected chi connectivity index (χ3v) is 6.60. The summed E-state index contributed by atoms with van der Waals surface area (Å²) in [5.41, 5.74) is -4.12. The molecule has 3 unspecified atom stereocenters. The number of nitrogens with zero attached hydrogens (tertiary/aromatic N) is 1. The Morgan fingerprint density at radius 2 is 1.75 bits per heavy atom. The first-order valence-corrected chi connectivity index (χ1v) is 9.12. The zero-order valence-electron chi connectivity index (χ0n) is 13.8. The third kappa shape index (κ3) is 2.95. The largest absolute Gasteiger partial charge is 0.436 e. The van der Waals surface area contributed by atoms with Crippen molar-refractivity contribution < 1.29 is 44.6 Å². The number of benzene rings is 1. The van der Waals surface area contributed by atoms with Gasteiger partial charge in [-0.2, -0.15) is 17.6 Å². The quantitative estimate of drug-likeness (QED) is 0.602. The van der Waals surface area contributed by atoms with Crippen LogP contribution in [0.3, 0.4) is 0 Å². The van der Waals surface area contributed by atoms with Crippen LogP contribution in [0.25, 0.3) is 0 Å². The molecule has 0 saturated carbocycles. The van der Waals surface area contributed by atoms with Crippen LogP contribution < -0.4 is 0 Å². The Kier molecular flexibility index (Phi) is 4.92. The number of ether oxygens (including phenoxy) is 1. The summed E-state index contributed by atoms with van der Waals surface area (Å²) in [5.74, 6) is -6.75. The van der Waals surface area contributed by atoms with Gasteiger partial charge in [-0.25, -0.2) is 22.2 Å². The number of pyridine rings is 1. The van der Waals surface area contributed by atoms with Crippen LogP contribution in [0.15, 0.2) is 29.2 Å². The molecule has 2 heterocycles. The van der Waals surface area contributed by atoms with Crippen LogP contribution in [-0.2, 0) is 20.8 Å². The Labute approximate surface area is 154 Å². The number of methoxy groups -OCH3 is 1. The van der Waals surface area contributed by atoms with Crippen molar-refractivity contribution >= 4 is 9.84 Å². The van der Waals surface area contributed by atoms with Crippen molar-refractivity contribution in [3.8, 4) is 0 Å². The summed E-state index contributed by atoms with van der Waals surface area (Å²) in [4.78, 5) is 1.86. The van der Waals surface area contributed by atoms with Gasteiger partial charge in [0.2, 0.25) is 5.95 Å². The molecule has 1 aliphatic heterocycles. The molecule has 1 aliphatic rings. The summed E-state index contributed by atoms with van der Waals surface area (Å²) in [6.07, 6.45) is -9.65. The van der Waals surface area contributed by atoms with E-state index < -0.39 is 62.3 Å². The van der Waals surface area contributed by atoms with Crippen LogP contribution in [0.5, 0.6) is 0 Å². The second-order valence-corrected chi connectivity index (χ2v) is 8.01. The molecule has 1 N–H and O–H groups in total. The van der Waals surface area contributed by atoms with Gasteiger partial charge in [0, 0.05) is 12.7 Å². The molecule has 12 heteroatoms. The highest BCUT2D eigenvalue weighted by Gasteiger charge is 2.52. The van der Waals surface area contributed by atoms with Gasteiger partial charge < -0.3 is 9.84 Å². The van der Waals surface area contributed by atoms with Crippen LogP contribution in [0, 0.1) is 17.6 Å². The molecule has 2 aromatic rings. The molecule has 1 aromatic carbocycles. The summed E-state index contributed by atoms with van der Waals surface area (Å²) in [5, 5.41) is 8.27. The van der Waals surface area contributed by atoms with E-state index in [1.54, 1.807) is 0 Å². The van der Waals surface area contributed by atoms with Crippen LogP contribution in [0.2, 0.25) is 0 Å². The van der Waals surface area contributed by atoms with E-state index in [1.165, 1.54) is 18.2 Å². The zero-order valence-corrected chi connectivity index (χ0v) is 14.7. The van der Waals surface area contributed by atoms with Gasteiger partial charge in [0.05, 0.1) is 10.5 Å². The molecule has 152 valence electrons. The molecule has 5 nitrogen and oxygen atoms in total. The molecule has 0 bridgehead atoms. The number of alkyl halides is 3. The summed E-state index contributed by atoms with van der Waals surface area (Å²) in [7, 11) is -3.72. The molecule has 0 amide bonds. The number of aromatic nitrogens is 1. The van der Waals surface area contributed by atoms with Gasteiger partial charge >= 0.3 is 6.18 Å². The molecule has 0 aliphatic carbocycles. The second kappa shape index (κ2) is 6.71. The monoisotopic (exact) mass is 427 g/mol. The normalized spacial score (nSPS) is 22.1. The first kappa shape index (κ1) is 20.6. The number of aliphatic hydroxyl groups is 1. The summed E-state index contributed by atoms with van der Waals surface area (Å²) >= 11 is 0. The van der Waals surface area contributed by atoms with Gasteiger partial charge in [-0.05, 0) is 6.07 Å². The highest BCUT2D eigenvalue weighted by molar-refractivity contribution is 7.92. The lowest BCUT2D eigenvalue weighted by molar-refractivity contribution is -0.144. The van der Waals surface area contributed by atoms with Crippen molar-refractivity contribution in [2.24, 2.45) is 0 Å². The maximum absolute atomic E-state index is 14.5. The number of halogens is 6. The predicted molar refractivity (Wildman–Crippen MR) is 81.2 cm³/mol. The minimum absolute atomic E-state index is 0.124. The lowest BCUT2D eigenvalue weighted by atomic mass is 9.97. The van der Waals surface area contributed by atoms with Crippen molar-refractivity contribution in [1.82, 2.24) is 4.98 Å². The number of hydrogen-bond donors (Lipinski definition) is 1. The molecular weight excluding hydrogens is 416 g/mol. The van der Waals surface area contributed by atoms with Crippen LogP contribution >= 0.6 is 0 Å². The van der Waals surface area contributed by atoms with Gasteiger partial charge in [-0.1, -0.05) is 18.2 Å². The minimum Gasteiger partial charge on any atom is -0.387 e.